The van der Waals surface area contributed by atoms with E-state index in [1.165, 1.54) is 11.1 Å². The van der Waals surface area contributed by atoms with E-state index in [0.717, 1.165) is 6.42 Å². The fraction of sp³-hybridized carbons (Fsp3) is 0.400. The van der Waals surface area contributed by atoms with Gasteiger partial charge < -0.3 is 0 Å². The Kier molecular flexibility index (Phi) is 4.10. The quantitative estimate of drug-likeness (QED) is 0.700. The lowest BCUT2D eigenvalue weighted by molar-refractivity contribution is 0.900. The Bertz CT molecular complexity index is 247. The number of halogens is 2. The molecule has 0 aliphatic carbocycles. The minimum Gasteiger partial charge on any atom is -0.122 e. The summed E-state index contributed by atoms with van der Waals surface area (Å²) in [6.07, 6.45) is 1.09. The summed E-state index contributed by atoms with van der Waals surface area (Å²) in [7, 11) is 0. The van der Waals surface area contributed by atoms with Gasteiger partial charge in [0.15, 0.2) is 0 Å². The van der Waals surface area contributed by atoms with Crippen LogP contribution < -0.4 is 0 Å². The molecule has 0 N–H and O–H groups in total. The maximum Gasteiger partial charge on any atom is 0.0477 e. The van der Waals surface area contributed by atoms with Gasteiger partial charge in [0.1, 0.15) is 0 Å². The molecule has 2 heteroatoms. The summed E-state index contributed by atoms with van der Waals surface area (Å²) in [6, 6.07) is 8.28. The number of hydrogen-bond donors (Lipinski definition) is 0. The minimum atomic E-state index is 0.437. The maximum absolute atomic E-state index is 5.81. The van der Waals surface area contributed by atoms with Crippen LogP contribution in [0.15, 0.2) is 24.3 Å². The molecule has 1 aromatic rings. The van der Waals surface area contributed by atoms with Gasteiger partial charge in [-0.05, 0) is 17.5 Å². The van der Waals surface area contributed by atoms with Crippen molar-refractivity contribution in [1.82, 2.24) is 0 Å². The van der Waals surface area contributed by atoms with Crippen LogP contribution in [0.2, 0.25) is 0 Å². The molecule has 12 heavy (non-hydrogen) atoms. The highest BCUT2D eigenvalue weighted by Crippen LogP contribution is 2.29. The fourth-order valence-electron chi connectivity index (χ4n) is 1.18. The molecule has 0 heterocycles. The van der Waals surface area contributed by atoms with Crippen LogP contribution in [0.5, 0.6) is 0 Å². The van der Waals surface area contributed by atoms with Crippen molar-refractivity contribution < 1.29 is 0 Å². The molecule has 0 saturated carbocycles. The summed E-state index contributed by atoms with van der Waals surface area (Å²) in [5, 5.41) is 0. The zero-order valence-corrected chi connectivity index (χ0v) is 9.40. The van der Waals surface area contributed by atoms with Crippen molar-refractivity contribution in [3.63, 3.8) is 0 Å². The van der Waals surface area contributed by atoms with Crippen LogP contribution in [-0.2, 0) is 5.88 Å². The molecule has 0 nitrogen and oxygen atoms in total. The summed E-state index contributed by atoms with van der Waals surface area (Å²) in [5.41, 5.74) is 2.54. The van der Waals surface area contributed by atoms with E-state index < -0.39 is 0 Å². The highest BCUT2D eigenvalue weighted by Gasteiger charge is 2.07. The predicted molar refractivity (Wildman–Crippen MR) is 58.0 cm³/mol. The van der Waals surface area contributed by atoms with E-state index >= 15 is 0 Å². The van der Waals surface area contributed by atoms with Crippen LogP contribution in [0, 0.1) is 0 Å². The van der Waals surface area contributed by atoms with Gasteiger partial charge in [0.25, 0.3) is 0 Å². The smallest absolute Gasteiger partial charge is 0.0477 e. The minimum absolute atomic E-state index is 0.437. The molecular formula is C10H12BrCl. The number of hydrogen-bond acceptors (Lipinski definition) is 0. The van der Waals surface area contributed by atoms with Gasteiger partial charge in [0.05, 0.1) is 0 Å². The van der Waals surface area contributed by atoms with E-state index in [2.05, 4.69) is 41.1 Å². The molecule has 0 spiro atoms. The molecular weight excluding hydrogens is 235 g/mol. The van der Waals surface area contributed by atoms with Crippen molar-refractivity contribution >= 4 is 27.5 Å². The molecule has 0 bridgehead atoms. The Morgan fingerprint density at radius 1 is 1.42 bits per heavy atom. The Morgan fingerprint density at radius 2 is 2.08 bits per heavy atom. The van der Waals surface area contributed by atoms with Crippen molar-refractivity contribution in [3.8, 4) is 0 Å². The number of alkyl halides is 2. The van der Waals surface area contributed by atoms with Gasteiger partial charge in [-0.2, -0.15) is 0 Å². The number of rotatable bonds is 3. The Hall–Kier alpha value is -0.0100. The lowest BCUT2D eigenvalue weighted by Crippen LogP contribution is -1.93. The molecule has 0 aliphatic rings. The van der Waals surface area contributed by atoms with Crippen molar-refractivity contribution in [2.24, 2.45) is 0 Å². The Balaban J connectivity index is 2.96. The molecule has 0 aromatic heterocycles. The first-order chi connectivity index (χ1) is 5.79. The fourth-order valence-corrected chi connectivity index (χ4v) is 1.87. The molecule has 0 aliphatic heterocycles. The monoisotopic (exact) mass is 246 g/mol. The molecule has 66 valence electrons. The van der Waals surface area contributed by atoms with Crippen LogP contribution in [0.4, 0.5) is 0 Å². The zero-order chi connectivity index (χ0) is 8.97. The third-order valence-corrected chi connectivity index (χ3v) is 3.32. The first kappa shape index (κ1) is 10.1. The average Bonchev–Trinajstić information content (AvgIpc) is 2.16. The Morgan fingerprint density at radius 3 is 2.67 bits per heavy atom. The lowest BCUT2D eigenvalue weighted by atomic mass is 10.0. The predicted octanol–water partition coefficient (Wildman–Crippen LogP) is 4.27. The van der Waals surface area contributed by atoms with Crippen molar-refractivity contribution in [1.29, 1.82) is 0 Å². The average molecular weight is 248 g/mol. The second-order valence-electron chi connectivity index (χ2n) is 2.71. The summed E-state index contributed by atoms with van der Waals surface area (Å²) >= 11 is 9.43. The molecule has 0 amide bonds. The Labute approximate surface area is 87.1 Å². The molecule has 0 saturated heterocycles. The highest BCUT2D eigenvalue weighted by molar-refractivity contribution is 9.09. The topological polar surface area (TPSA) is 0 Å². The van der Waals surface area contributed by atoms with Crippen LogP contribution in [0.3, 0.4) is 0 Å². The van der Waals surface area contributed by atoms with Crippen molar-refractivity contribution in [2.75, 3.05) is 0 Å². The van der Waals surface area contributed by atoms with Crippen LogP contribution >= 0.6 is 27.5 Å². The van der Waals surface area contributed by atoms with Crippen LogP contribution in [0.25, 0.3) is 0 Å². The third kappa shape index (κ3) is 2.24. The molecule has 1 atom stereocenters. The summed E-state index contributed by atoms with van der Waals surface area (Å²) < 4.78 is 0. The first-order valence-electron chi connectivity index (χ1n) is 4.07. The van der Waals surface area contributed by atoms with Crippen molar-refractivity contribution in [3.05, 3.63) is 35.4 Å². The SMILES string of the molecule is CCC(Br)c1ccccc1CCl. The van der Waals surface area contributed by atoms with Crippen molar-refractivity contribution in [2.45, 2.75) is 24.1 Å². The molecule has 1 rings (SSSR count). The van der Waals surface area contributed by atoms with E-state index in [1.807, 2.05) is 6.07 Å². The summed E-state index contributed by atoms with van der Waals surface area (Å²) in [4.78, 5) is 0.437. The third-order valence-electron chi connectivity index (χ3n) is 1.89. The number of benzene rings is 1. The van der Waals surface area contributed by atoms with Gasteiger partial charge in [-0.1, -0.05) is 47.1 Å². The molecule has 0 fully saturated rings. The van der Waals surface area contributed by atoms with Crippen LogP contribution in [-0.4, -0.2) is 0 Å². The second-order valence-corrected chi connectivity index (χ2v) is 4.08. The maximum atomic E-state index is 5.81. The lowest BCUT2D eigenvalue weighted by Gasteiger charge is -2.10. The van der Waals surface area contributed by atoms with Crippen LogP contribution in [0.1, 0.15) is 29.3 Å². The second kappa shape index (κ2) is 4.88. The van der Waals surface area contributed by atoms with E-state index in [-0.39, 0.29) is 0 Å². The molecule has 1 unspecified atom stereocenters. The van der Waals surface area contributed by atoms with E-state index in [1.54, 1.807) is 0 Å². The molecule has 0 radical (unpaired) electrons. The first-order valence-corrected chi connectivity index (χ1v) is 5.52. The zero-order valence-electron chi connectivity index (χ0n) is 7.06. The standard InChI is InChI=1S/C10H12BrCl/c1-2-10(11)9-6-4-3-5-8(9)7-12/h3-6,10H,2,7H2,1H3. The van der Waals surface area contributed by atoms with Gasteiger partial charge in [0, 0.05) is 10.7 Å². The van der Waals surface area contributed by atoms with E-state index in [0.29, 0.717) is 10.7 Å². The van der Waals surface area contributed by atoms with Gasteiger partial charge in [-0.3, -0.25) is 0 Å². The van der Waals surface area contributed by atoms with E-state index in [4.69, 9.17) is 11.6 Å². The summed E-state index contributed by atoms with van der Waals surface area (Å²) in [5.74, 6) is 0.596. The van der Waals surface area contributed by atoms with Gasteiger partial charge in [-0.15, -0.1) is 11.6 Å². The largest absolute Gasteiger partial charge is 0.122 e. The highest BCUT2D eigenvalue weighted by atomic mass is 79.9. The van der Waals surface area contributed by atoms with Gasteiger partial charge >= 0.3 is 0 Å². The van der Waals surface area contributed by atoms with E-state index in [9.17, 15) is 0 Å². The van der Waals surface area contributed by atoms with Gasteiger partial charge in [-0.25, -0.2) is 0 Å². The summed E-state index contributed by atoms with van der Waals surface area (Å²) in [6.45, 7) is 2.16. The molecule has 1 aromatic carbocycles. The normalized spacial score (nSPS) is 12.9. The van der Waals surface area contributed by atoms with Gasteiger partial charge in [0.2, 0.25) is 0 Å².